The fraction of sp³-hybridized carbons (Fsp3) is 0.346. The summed E-state index contributed by atoms with van der Waals surface area (Å²) in [4.78, 5) is 21.8. The summed E-state index contributed by atoms with van der Waals surface area (Å²) in [6.45, 7) is 6.44. The zero-order valence-electron chi connectivity index (χ0n) is 20.8. The maximum atomic E-state index is 13.4. The number of aromatic nitrogens is 2. The quantitative estimate of drug-likeness (QED) is 0.390. The van der Waals surface area contributed by atoms with E-state index in [0.717, 1.165) is 5.39 Å². The molecule has 182 valence electrons. The first kappa shape index (κ1) is 24.1. The van der Waals surface area contributed by atoms with Gasteiger partial charge in [0.25, 0.3) is 0 Å². The summed E-state index contributed by atoms with van der Waals surface area (Å²) in [6.07, 6.45) is 1.24. The van der Waals surface area contributed by atoms with Gasteiger partial charge in [-0.05, 0) is 71.3 Å². The Bertz CT molecular complexity index is 1420. The molecule has 0 saturated heterocycles. The summed E-state index contributed by atoms with van der Waals surface area (Å²) in [5.41, 5.74) is 1.44. The van der Waals surface area contributed by atoms with Crippen molar-refractivity contribution in [2.24, 2.45) is 0 Å². The summed E-state index contributed by atoms with van der Waals surface area (Å²) in [6, 6.07) is 12.9. The highest BCUT2D eigenvalue weighted by Gasteiger charge is 2.30. The normalized spacial score (nSPS) is 11.7. The van der Waals surface area contributed by atoms with Crippen LogP contribution in [0.5, 0.6) is 5.75 Å². The SMILES string of the molecule is COc1ccc2oc(-c3nc4cc(C#N)ccn4c3N(CCN(C)C)C(=O)OC(C)(C)C)cc2c1. The minimum absolute atomic E-state index is 0.358. The number of nitriles is 1. The van der Waals surface area contributed by atoms with Gasteiger partial charge in [-0.3, -0.25) is 9.30 Å². The van der Waals surface area contributed by atoms with Gasteiger partial charge in [-0.25, -0.2) is 9.78 Å². The van der Waals surface area contributed by atoms with Gasteiger partial charge < -0.3 is 18.8 Å². The van der Waals surface area contributed by atoms with Crippen molar-refractivity contribution in [2.45, 2.75) is 26.4 Å². The average Bonchev–Trinajstić information content (AvgIpc) is 3.38. The molecular weight excluding hydrogens is 446 g/mol. The Morgan fingerprint density at radius 1 is 1.17 bits per heavy atom. The maximum absolute atomic E-state index is 13.4. The van der Waals surface area contributed by atoms with Gasteiger partial charge >= 0.3 is 6.09 Å². The monoisotopic (exact) mass is 475 g/mol. The van der Waals surface area contributed by atoms with Crippen molar-refractivity contribution < 1.29 is 18.7 Å². The van der Waals surface area contributed by atoms with E-state index in [4.69, 9.17) is 18.9 Å². The molecule has 0 saturated carbocycles. The number of fused-ring (bicyclic) bond motifs is 2. The molecule has 0 aliphatic carbocycles. The maximum Gasteiger partial charge on any atom is 0.416 e. The third-order valence-electron chi connectivity index (χ3n) is 5.33. The molecule has 0 aliphatic rings. The Morgan fingerprint density at radius 2 is 1.94 bits per heavy atom. The highest BCUT2D eigenvalue weighted by atomic mass is 16.6. The summed E-state index contributed by atoms with van der Waals surface area (Å²) < 4.78 is 19.0. The number of rotatable bonds is 6. The van der Waals surface area contributed by atoms with Gasteiger partial charge in [0.15, 0.2) is 11.6 Å². The van der Waals surface area contributed by atoms with E-state index in [9.17, 15) is 10.1 Å². The third-order valence-corrected chi connectivity index (χ3v) is 5.33. The Balaban J connectivity index is 1.94. The minimum Gasteiger partial charge on any atom is -0.497 e. The van der Waals surface area contributed by atoms with Gasteiger partial charge in [-0.15, -0.1) is 0 Å². The van der Waals surface area contributed by atoms with E-state index in [0.29, 0.717) is 52.9 Å². The average molecular weight is 476 g/mol. The lowest BCUT2D eigenvalue weighted by atomic mass is 10.2. The van der Waals surface area contributed by atoms with Crippen LogP contribution < -0.4 is 9.64 Å². The molecule has 1 aromatic carbocycles. The van der Waals surface area contributed by atoms with Gasteiger partial charge in [0.05, 0.1) is 18.7 Å². The number of nitrogens with zero attached hydrogens (tertiary/aromatic N) is 5. The number of likely N-dealkylation sites (N-methyl/N-ethyl adjacent to an activating group) is 1. The lowest BCUT2D eigenvalue weighted by Gasteiger charge is -2.28. The van der Waals surface area contributed by atoms with Crippen LogP contribution in [0.1, 0.15) is 26.3 Å². The van der Waals surface area contributed by atoms with Crippen LogP contribution in [-0.4, -0.2) is 60.3 Å². The molecule has 3 heterocycles. The Hall–Kier alpha value is -4.03. The van der Waals surface area contributed by atoms with Gasteiger partial charge in [-0.1, -0.05) is 0 Å². The number of hydrogen-bond acceptors (Lipinski definition) is 7. The highest BCUT2D eigenvalue weighted by Crippen LogP contribution is 2.37. The van der Waals surface area contributed by atoms with Crippen molar-refractivity contribution in [2.75, 3.05) is 39.2 Å². The number of benzene rings is 1. The number of imidazole rings is 1. The van der Waals surface area contributed by atoms with Gasteiger partial charge in [0, 0.05) is 24.7 Å². The number of methoxy groups -OCH3 is 1. The highest BCUT2D eigenvalue weighted by molar-refractivity contribution is 5.94. The fourth-order valence-corrected chi connectivity index (χ4v) is 3.69. The van der Waals surface area contributed by atoms with Crippen LogP contribution in [-0.2, 0) is 4.74 Å². The molecule has 35 heavy (non-hydrogen) atoms. The molecular formula is C26H29N5O4. The molecule has 0 fully saturated rings. The summed E-state index contributed by atoms with van der Waals surface area (Å²) >= 11 is 0. The second-order valence-corrected chi connectivity index (χ2v) is 9.49. The van der Waals surface area contributed by atoms with E-state index >= 15 is 0 Å². The molecule has 0 atom stereocenters. The van der Waals surface area contributed by atoms with Crippen molar-refractivity contribution in [1.29, 1.82) is 5.26 Å². The van der Waals surface area contributed by atoms with Crippen molar-refractivity contribution in [3.8, 4) is 23.3 Å². The van der Waals surface area contributed by atoms with Gasteiger partial charge in [0.2, 0.25) is 0 Å². The molecule has 0 radical (unpaired) electrons. The van der Waals surface area contributed by atoms with E-state index in [-0.39, 0.29) is 0 Å². The van der Waals surface area contributed by atoms with E-state index in [1.54, 1.807) is 34.7 Å². The standard InChI is InChI=1S/C26H29N5O4/c1-26(2,3)35-25(32)31(12-11-29(4)5)24-23(28-22-13-17(16-27)9-10-30(22)24)21-15-18-14-19(33-6)7-8-20(18)34-21/h7-10,13-15H,11-12H2,1-6H3. The van der Waals surface area contributed by atoms with E-state index in [1.165, 1.54) is 0 Å². The van der Waals surface area contributed by atoms with Crippen molar-refractivity contribution >= 4 is 28.5 Å². The smallest absolute Gasteiger partial charge is 0.416 e. The van der Waals surface area contributed by atoms with Crippen molar-refractivity contribution in [3.63, 3.8) is 0 Å². The lowest BCUT2D eigenvalue weighted by molar-refractivity contribution is 0.0577. The van der Waals surface area contributed by atoms with Crippen molar-refractivity contribution in [3.05, 3.63) is 48.2 Å². The lowest BCUT2D eigenvalue weighted by Crippen LogP contribution is -2.41. The van der Waals surface area contributed by atoms with E-state index < -0.39 is 11.7 Å². The minimum atomic E-state index is -0.683. The largest absolute Gasteiger partial charge is 0.497 e. The van der Waals surface area contributed by atoms with E-state index in [1.807, 2.05) is 64.0 Å². The Labute approximate surface area is 204 Å². The summed E-state index contributed by atoms with van der Waals surface area (Å²) in [5, 5.41) is 10.2. The number of furan rings is 1. The molecule has 0 unspecified atom stereocenters. The Morgan fingerprint density at radius 3 is 2.60 bits per heavy atom. The number of pyridine rings is 1. The van der Waals surface area contributed by atoms with Crippen LogP contribution in [0.25, 0.3) is 28.1 Å². The molecule has 0 bridgehead atoms. The zero-order chi connectivity index (χ0) is 25.3. The number of hydrogen-bond donors (Lipinski definition) is 0. The van der Waals surface area contributed by atoms with Crippen LogP contribution in [0.2, 0.25) is 0 Å². The first-order valence-corrected chi connectivity index (χ1v) is 11.2. The van der Waals surface area contributed by atoms with Crippen LogP contribution in [0.15, 0.2) is 47.0 Å². The molecule has 0 aliphatic heterocycles. The first-order valence-electron chi connectivity index (χ1n) is 11.2. The molecule has 4 rings (SSSR count). The predicted molar refractivity (Wildman–Crippen MR) is 134 cm³/mol. The van der Waals surface area contributed by atoms with Crippen LogP contribution in [0, 0.1) is 11.3 Å². The van der Waals surface area contributed by atoms with Crippen LogP contribution >= 0.6 is 0 Å². The summed E-state index contributed by atoms with van der Waals surface area (Å²) in [7, 11) is 5.49. The van der Waals surface area contributed by atoms with Crippen molar-refractivity contribution in [1.82, 2.24) is 14.3 Å². The number of ether oxygens (including phenoxy) is 2. The molecule has 0 spiro atoms. The number of carbonyl (C=O) groups is 1. The molecule has 3 aromatic heterocycles. The summed E-state index contributed by atoms with van der Waals surface area (Å²) in [5.74, 6) is 1.70. The molecule has 4 aromatic rings. The number of anilines is 1. The fourth-order valence-electron chi connectivity index (χ4n) is 3.69. The molecule has 0 N–H and O–H groups in total. The van der Waals surface area contributed by atoms with Gasteiger partial charge in [-0.2, -0.15) is 5.26 Å². The first-order chi connectivity index (χ1) is 16.6. The molecule has 9 heteroatoms. The van der Waals surface area contributed by atoms with Crippen LogP contribution in [0.3, 0.4) is 0 Å². The topological polar surface area (TPSA) is 96.2 Å². The number of amides is 1. The predicted octanol–water partition coefficient (Wildman–Crippen LogP) is 4.93. The van der Waals surface area contributed by atoms with Gasteiger partial charge in [0.1, 0.15) is 28.3 Å². The second-order valence-electron chi connectivity index (χ2n) is 9.49. The zero-order valence-corrected chi connectivity index (χ0v) is 20.8. The Kier molecular flexibility index (Phi) is 6.41. The van der Waals surface area contributed by atoms with E-state index in [2.05, 4.69) is 6.07 Å². The number of carbonyl (C=O) groups excluding carboxylic acids is 1. The second kappa shape index (κ2) is 9.31. The molecule has 9 nitrogen and oxygen atoms in total. The third kappa shape index (κ3) is 5.08. The molecule has 1 amide bonds. The van der Waals surface area contributed by atoms with Crippen LogP contribution in [0.4, 0.5) is 10.6 Å².